The summed E-state index contributed by atoms with van der Waals surface area (Å²) in [5.41, 5.74) is 1.59. The van der Waals surface area contributed by atoms with E-state index in [0.29, 0.717) is 18.7 Å². The lowest BCUT2D eigenvalue weighted by atomic mass is 10.2. The van der Waals surface area contributed by atoms with Crippen LogP contribution in [-0.2, 0) is 14.8 Å². The Bertz CT molecular complexity index is 587. The summed E-state index contributed by atoms with van der Waals surface area (Å²) in [5.74, 6) is -0.339. The molecule has 7 heteroatoms. The van der Waals surface area contributed by atoms with E-state index in [0.717, 1.165) is 16.3 Å². The molecule has 112 valence electrons. The van der Waals surface area contributed by atoms with Gasteiger partial charge < -0.3 is 5.32 Å². The molecule has 0 radical (unpaired) electrons. The molecule has 0 heterocycles. The van der Waals surface area contributed by atoms with Crippen molar-refractivity contribution >= 4 is 37.5 Å². The van der Waals surface area contributed by atoms with Gasteiger partial charge in [0.1, 0.15) is 0 Å². The van der Waals surface area contributed by atoms with Gasteiger partial charge in [0.05, 0.1) is 12.8 Å². The standard InChI is InChI=1S/C13H19BrN2O3S/c1-4-7-16(20(3,18)19)9-13(17)15-12-6-5-11(14)8-10(12)2/h5-6,8H,4,7,9H2,1-3H3,(H,15,17). The van der Waals surface area contributed by atoms with Crippen molar-refractivity contribution in [2.45, 2.75) is 20.3 Å². The van der Waals surface area contributed by atoms with Gasteiger partial charge in [-0.3, -0.25) is 4.79 Å². The molecule has 0 unspecified atom stereocenters. The number of halogens is 1. The number of carbonyl (C=O) groups is 1. The average molecular weight is 363 g/mol. The molecule has 0 aliphatic rings. The van der Waals surface area contributed by atoms with E-state index in [1.165, 1.54) is 4.31 Å². The van der Waals surface area contributed by atoms with Crippen molar-refractivity contribution in [2.75, 3.05) is 24.7 Å². The lowest BCUT2D eigenvalue weighted by molar-refractivity contribution is -0.116. The number of nitrogens with one attached hydrogen (secondary N) is 1. The highest BCUT2D eigenvalue weighted by atomic mass is 79.9. The summed E-state index contributed by atoms with van der Waals surface area (Å²) in [6.07, 6.45) is 1.78. The second kappa shape index (κ2) is 7.19. The largest absolute Gasteiger partial charge is 0.325 e. The predicted molar refractivity (Wildman–Crippen MR) is 84.2 cm³/mol. The SMILES string of the molecule is CCCN(CC(=O)Nc1ccc(Br)cc1C)S(C)(=O)=O. The molecule has 0 saturated carbocycles. The first-order chi connectivity index (χ1) is 9.24. The molecule has 0 aliphatic heterocycles. The third kappa shape index (κ3) is 5.22. The summed E-state index contributed by atoms with van der Waals surface area (Å²) < 4.78 is 25.2. The van der Waals surface area contributed by atoms with Crippen molar-refractivity contribution in [2.24, 2.45) is 0 Å². The molecular weight excluding hydrogens is 344 g/mol. The number of hydrogen-bond donors (Lipinski definition) is 1. The minimum Gasteiger partial charge on any atom is -0.325 e. The molecule has 0 fully saturated rings. The topological polar surface area (TPSA) is 66.5 Å². The number of carbonyl (C=O) groups excluding carboxylic acids is 1. The highest BCUT2D eigenvalue weighted by Crippen LogP contribution is 2.20. The maximum absolute atomic E-state index is 12.0. The number of sulfonamides is 1. The summed E-state index contributed by atoms with van der Waals surface area (Å²) in [6.45, 7) is 3.92. The molecule has 1 N–H and O–H groups in total. The van der Waals surface area contributed by atoms with Crippen LogP contribution in [0.2, 0.25) is 0 Å². The molecule has 20 heavy (non-hydrogen) atoms. The number of benzene rings is 1. The zero-order valence-electron chi connectivity index (χ0n) is 11.8. The molecule has 0 bridgehead atoms. The second-order valence-electron chi connectivity index (χ2n) is 4.60. The van der Waals surface area contributed by atoms with E-state index in [1.807, 2.05) is 26.0 Å². The minimum absolute atomic E-state index is 0.165. The quantitative estimate of drug-likeness (QED) is 0.844. The van der Waals surface area contributed by atoms with Gasteiger partial charge in [-0.2, -0.15) is 4.31 Å². The molecule has 0 aromatic heterocycles. The van der Waals surface area contributed by atoms with E-state index in [1.54, 1.807) is 6.07 Å². The Hall–Kier alpha value is -0.920. The zero-order chi connectivity index (χ0) is 15.3. The highest BCUT2D eigenvalue weighted by Gasteiger charge is 2.19. The molecule has 0 atom stereocenters. The van der Waals surface area contributed by atoms with Gasteiger partial charge in [-0.05, 0) is 37.1 Å². The Labute approximate surface area is 128 Å². The van der Waals surface area contributed by atoms with E-state index < -0.39 is 10.0 Å². The van der Waals surface area contributed by atoms with Crippen molar-refractivity contribution in [1.82, 2.24) is 4.31 Å². The highest BCUT2D eigenvalue weighted by molar-refractivity contribution is 9.10. The first kappa shape index (κ1) is 17.1. The van der Waals surface area contributed by atoms with Crippen molar-refractivity contribution in [3.8, 4) is 0 Å². The van der Waals surface area contributed by atoms with Gasteiger partial charge in [0.2, 0.25) is 15.9 Å². The van der Waals surface area contributed by atoms with E-state index in [2.05, 4.69) is 21.2 Å². The van der Waals surface area contributed by atoms with Crippen molar-refractivity contribution in [3.63, 3.8) is 0 Å². The monoisotopic (exact) mass is 362 g/mol. The lowest BCUT2D eigenvalue weighted by Gasteiger charge is -2.19. The second-order valence-corrected chi connectivity index (χ2v) is 7.50. The summed E-state index contributed by atoms with van der Waals surface area (Å²) in [7, 11) is -3.37. The van der Waals surface area contributed by atoms with Crippen LogP contribution in [0.25, 0.3) is 0 Å². The smallest absolute Gasteiger partial charge is 0.239 e. The van der Waals surface area contributed by atoms with Gasteiger partial charge in [0, 0.05) is 16.7 Å². The maximum Gasteiger partial charge on any atom is 0.239 e. The lowest BCUT2D eigenvalue weighted by Crippen LogP contribution is -2.37. The van der Waals surface area contributed by atoms with Gasteiger partial charge in [-0.1, -0.05) is 22.9 Å². The number of amides is 1. The number of nitrogens with zero attached hydrogens (tertiary/aromatic N) is 1. The summed E-state index contributed by atoms with van der Waals surface area (Å²) in [5, 5.41) is 2.73. The van der Waals surface area contributed by atoms with Crippen LogP contribution in [0, 0.1) is 6.92 Å². The van der Waals surface area contributed by atoms with Crippen LogP contribution in [0.1, 0.15) is 18.9 Å². The van der Waals surface area contributed by atoms with Gasteiger partial charge in [-0.15, -0.1) is 0 Å². The van der Waals surface area contributed by atoms with E-state index >= 15 is 0 Å². The van der Waals surface area contributed by atoms with Crippen LogP contribution in [0.5, 0.6) is 0 Å². The molecule has 0 saturated heterocycles. The van der Waals surface area contributed by atoms with Crippen LogP contribution in [-0.4, -0.2) is 38.0 Å². The summed E-state index contributed by atoms with van der Waals surface area (Å²) in [6, 6.07) is 5.49. The van der Waals surface area contributed by atoms with E-state index in [9.17, 15) is 13.2 Å². The Morgan fingerprint density at radius 1 is 1.40 bits per heavy atom. The summed E-state index contributed by atoms with van der Waals surface area (Å²) >= 11 is 3.35. The molecule has 1 aromatic rings. The first-order valence-electron chi connectivity index (χ1n) is 6.25. The predicted octanol–water partition coefficient (Wildman–Crippen LogP) is 2.37. The third-order valence-electron chi connectivity index (χ3n) is 2.72. The number of rotatable bonds is 6. The fraction of sp³-hybridized carbons (Fsp3) is 0.462. The Balaban J connectivity index is 2.75. The number of aryl methyl sites for hydroxylation is 1. The fourth-order valence-electron chi connectivity index (χ4n) is 1.73. The van der Waals surface area contributed by atoms with Crippen LogP contribution >= 0.6 is 15.9 Å². The molecule has 0 spiro atoms. The summed E-state index contributed by atoms with van der Waals surface area (Å²) in [4.78, 5) is 12.0. The van der Waals surface area contributed by atoms with Gasteiger partial charge in [0.25, 0.3) is 0 Å². The van der Waals surface area contributed by atoms with E-state index in [-0.39, 0.29) is 12.5 Å². The zero-order valence-corrected chi connectivity index (χ0v) is 14.2. The molecule has 0 aliphatic carbocycles. The van der Waals surface area contributed by atoms with Crippen LogP contribution in [0.15, 0.2) is 22.7 Å². The Kier molecular flexibility index (Phi) is 6.16. The molecule has 1 amide bonds. The minimum atomic E-state index is -3.37. The first-order valence-corrected chi connectivity index (χ1v) is 8.89. The molecular formula is C13H19BrN2O3S. The molecule has 1 rings (SSSR count). The third-order valence-corrected chi connectivity index (χ3v) is 4.47. The maximum atomic E-state index is 12.0. The van der Waals surface area contributed by atoms with Crippen molar-refractivity contribution < 1.29 is 13.2 Å². The van der Waals surface area contributed by atoms with Gasteiger partial charge >= 0.3 is 0 Å². The number of anilines is 1. The van der Waals surface area contributed by atoms with Crippen LogP contribution in [0.3, 0.4) is 0 Å². The fourth-order valence-corrected chi connectivity index (χ4v) is 3.07. The Morgan fingerprint density at radius 2 is 2.05 bits per heavy atom. The normalized spacial score (nSPS) is 11.7. The van der Waals surface area contributed by atoms with Gasteiger partial charge in [0.15, 0.2) is 0 Å². The van der Waals surface area contributed by atoms with E-state index in [4.69, 9.17) is 0 Å². The molecule has 1 aromatic carbocycles. The van der Waals surface area contributed by atoms with Gasteiger partial charge in [-0.25, -0.2) is 8.42 Å². The Morgan fingerprint density at radius 3 is 2.55 bits per heavy atom. The number of hydrogen-bond acceptors (Lipinski definition) is 3. The van der Waals surface area contributed by atoms with Crippen molar-refractivity contribution in [1.29, 1.82) is 0 Å². The average Bonchev–Trinajstić information content (AvgIpc) is 2.31. The van der Waals surface area contributed by atoms with Crippen LogP contribution < -0.4 is 5.32 Å². The van der Waals surface area contributed by atoms with Crippen LogP contribution in [0.4, 0.5) is 5.69 Å². The molecule has 5 nitrogen and oxygen atoms in total. The van der Waals surface area contributed by atoms with Crippen molar-refractivity contribution in [3.05, 3.63) is 28.2 Å².